The number of hydrogen-bond donors (Lipinski definition) is 3. The number of carbonyl (C=O) groups is 1. The third-order valence-corrected chi connectivity index (χ3v) is 7.94. The fraction of sp³-hybridized carbons (Fsp3) is 0.842. The lowest BCUT2D eigenvalue weighted by molar-refractivity contribution is -0.130. The number of carbonyl (C=O) groups excluding carboxylic acids is 1. The minimum Gasteiger partial charge on any atom is -0.393 e. The lowest BCUT2D eigenvalue weighted by Crippen LogP contribution is -2.54. The maximum atomic E-state index is 11.9. The van der Waals surface area contributed by atoms with E-state index in [1.165, 1.54) is 5.57 Å². The Balaban J connectivity index is 1.72. The Hall–Kier alpha value is -0.710. The maximum absolute atomic E-state index is 11.9. The molecule has 23 heavy (non-hydrogen) atoms. The number of fused-ring (bicyclic) bond motifs is 5. The molecule has 128 valence electrons. The van der Waals surface area contributed by atoms with E-state index in [4.69, 9.17) is 0 Å². The molecule has 3 fully saturated rings. The second-order valence-corrected chi connectivity index (χ2v) is 8.91. The zero-order valence-corrected chi connectivity index (χ0v) is 14.0. The molecule has 4 aliphatic rings. The van der Waals surface area contributed by atoms with Crippen molar-refractivity contribution in [2.24, 2.45) is 28.6 Å². The molecule has 0 aromatic rings. The van der Waals surface area contributed by atoms with Gasteiger partial charge in [-0.15, -0.1) is 0 Å². The van der Waals surface area contributed by atoms with Gasteiger partial charge >= 0.3 is 0 Å². The SMILES string of the molecule is C[C@]12C[C@H](O)C(=O)C=C1CC[C@@H]1C2CC[C@@]2(C)C1[C@H](O)C[C@@H]2O. The topological polar surface area (TPSA) is 77.8 Å². The summed E-state index contributed by atoms with van der Waals surface area (Å²) in [7, 11) is 0. The largest absolute Gasteiger partial charge is 0.393 e. The van der Waals surface area contributed by atoms with E-state index in [-0.39, 0.29) is 22.5 Å². The molecule has 3 N–H and O–H groups in total. The van der Waals surface area contributed by atoms with Gasteiger partial charge in [-0.1, -0.05) is 19.4 Å². The van der Waals surface area contributed by atoms with Crippen LogP contribution in [0.4, 0.5) is 0 Å². The molecule has 8 atom stereocenters. The molecule has 3 saturated carbocycles. The van der Waals surface area contributed by atoms with E-state index in [0.717, 1.165) is 25.7 Å². The molecular weight excluding hydrogens is 292 g/mol. The van der Waals surface area contributed by atoms with Gasteiger partial charge in [-0.05, 0) is 66.8 Å². The lowest BCUT2D eigenvalue weighted by Gasteiger charge is -2.58. The van der Waals surface area contributed by atoms with Crippen LogP contribution in [0.3, 0.4) is 0 Å². The van der Waals surface area contributed by atoms with Crippen LogP contribution in [0.5, 0.6) is 0 Å². The summed E-state index contributed by atoms with van der Waals surface area (Å²) >= 11 is 0. The third-order valence-electron chi connectivity index (χ3n) is 7.94. The third kappa shape index (κ3) is 1.98. The van der Waals surface area contributed by atoms with E-state index >= 15 is 0 Å². The Morgan fingerprint density at radius 2 is 1.91 bits per heavy atom. The van der Waals surface area contributed by atoms with Crippen molar-refractivity contribution in [3.8, 4) is 0 Å². The number of rotatable bonds is 0. The van der Waals surface area contributed by atoms with E-state index in [2.05, 4.69) is 13.8 Å². The molecule has 0 bridgehead atoms. The molecule has 2 unspecified atom stereocenters. The fourth-order valence-corrected chi connectivity index (χ4v) is 6.65. The highest BCUT2D eigenvalue weighted by Gasteiger charge is 2.62. The van der Waals surface area contributed by atoms with Crippen molar-refractivity contribution in [1.82, 2.24) is 0 Å². The van der Waals surface area contributed by atoms with Crippen LogP contribution in [0.1, 0.15) is 52.4 Å². The fourth-order valence-electron chi connectivity index (χ4n) is 6.65. The van der Waals surface area contributed by atoms with Crippen LogP contribution in [-0.2, 0) is 4.79 Å². The Kier molecular flexibility index (Phi) is 3.37. The normalized spacial score (nSPS) is 55.7. The van der Waals surface area contributed by atoms with Crippen LogP contribution in [-0.4, -0.2) is 39.4 Å². The van der Waals surface area contributed by atoms with Crippen LogP contribution in [0, 0.1) is 28.6 Å². The second-order valence-electron chi connectivity index (χ2n) is 8.91. The van der Waals surface area contributed by atoms with Crippen molar-refractivity contribution in [3.05, 3.63) is 11.6 Å². The zero-order valence-electron chi connectivity index (χ0n) is 14.0. The second kappa shape index (κ2) is 4.90. The number of hydrogen-bond acceptors (Lipinski definition) is 4. The minimum atomic E-state index is -0.880. The van der Waals surface area contributed by atoms with Gasteiger partial charge in [-0.25, -0.2) is 0 Å². The van der Waals surface area contributed by atoms with E-state index in [9.17, 15) is 20.1 Å². The first kappa shape index (κ1) is 15.8. The van der Waals surface area contributed by atoms with Gasteiger partial charge in [0.15, 0.2) is 5.78 Å². The van der Waals surface area contributed by atoms with Gasteiger partial charge in [0.1, 0.15) is 6.10 Å². The molecule has 0 aromatic heterocycles. The Labute approximate surface area is 137 Å². The number of aliphatic hydroxyl groups excluding tert-OH is 3. The van der Waals surface area contributed by atoms with Crippen molar-refractivity contribution in [2.75, 3.05) is 0 Å². The Morgan fingerprint density at radius 1 is 1.17 bits per heavy atom. The predicted molar refractivity (Wildman–Crippen MR) is 85.5 cm³/mol. The average molecular weight is 320 g/mol. The van der Waals surface area contributed by atoms with Crippen molar-refractivity contribution in [2.45, 2.75) is 70.7 Å². The summed E-state index contributed by atoms with van der Waals surface area (Å²) in [5.74, 6) is 0.768. The molecule has 0 heterocycles. The Morgan fingerprint density at radius 3 is 2.65 bits per heavy atom. The zero-order chi connectivity index (χ0) is 16.6. The molecule has 0 aliphatic heterocycles. The van der Waals surface area contributed by atoms with Crippen LogP contribution in [0.25, 0.3) is 0 Å². The lowest BCUT2D eigenvalue weighted by atomic mass is 9.47. The molecule has 0 aromatic carbocycles. The van der Waals surface area contributed by atoms with Gasteiger partial charge in [0.25, 0.3) is 0 Å². The monoisotopic (exact) mass is 320 g/mol. The van der Waals surface area contributed by atoms with Crippen molar-refractivity contribution >= 4 is 5.78 Å². The van der Waals surface area contributed by atoms with Gasteiger partial charge in [0.2, 0.25) is 0 Å². The summed E-state index contributed by atoms with van der Waals surface area (Å²) in [4.78, 5) is 11.9. The molecule has 4 rings (SSSR count). The van der Waals surface area contributed by atoms with Gasteiger partial charge in [0, 0.05) is 6.42 Å². The van der Waals surface area contributed by atoms with Crippen molar-refractivity contribution in [1.29, 1.82) is 0 Å². The molecule has 4 aliphatic carbocycles. The first-order valence-corrected chi connectivity index (χ1v) is 9.06. The molecule has 4 heteroatoms. The van der Waals surface area contributed by atoms with Crippen LogP contribution in [0.15, 0.2) is 11.6 Å². The predicted octanol–water partition coefficient (Wildman–Crippen LogP) is 1.82. The number of ketones is 1. The molecule has 4 nitrogen and oxygen atoms in total. The van der Waals surface area contributed by atoms with E-state index < -0.39 is 18.3 Å². The summed E-state index contributed by atoms with van der Waals surface area (Å²) in [6, 6.07) is 0. The van der Waals surface area contributed by atoms with Gasteiger partial charge < -0.3 is 15.3 Å². The Bertz CT molecular complexity index is 570. The molecule has 0 saturated heterocycles. The quantitative estimate of drug-likeness (QED) is 0.636. The smallest absolute Gasteiger partial charge is 0.184 e. The van der Waals surface area contributed by atoms with Gasteiger partial charge in [0.05, 0.1) is 12.2 Å². The summed E-state index contributed by atoms with van der Waals surface area (Å²) in [6.45, 7) is 4.34. The minimum absolute atomic E-state index is 0.134. The van der Waals surface area contributed by atoms with E-state index in [1.54, 1.807) is 6.08 Å². The van der Waals surface area contributed by atoms with E-state index in [1.807, 2.05) is 0 Å². The highest BCUT2D eigenvalue weighted by Crippen LogP contribution is 2.65. The van der Waals surface area contributed by atoms with Crippen LogP contribution < -0.4 is 0 Å². The first-order valence-electron chi connectivity index (χ1n) is 9.06. The van der Waals surface area contributed by atoms with Crippen molar-refractivity contribution < 1.29 is 20.1 Å². The highest BCUT2D eigenvalue weighted by molar-refractivity contribution is 5.95. The maximum Gasteiger partial charge on any atom is 0.184 e. The summed E-state index contributed by atoms with van der Waals surface area (Å²) in [5.41, 5.74) is 0.886. The molecule has 0 radical (unpaired) electrons. The number of allylic oxidation sites excluding steroid dienone is 1. The van der Waals surface area contributed by atoms with Crippen molar-refractivity contribution in [3.63, 3.8) is 0 Å². The van der Waals surface area contributed by atoms with Gasteiger partial charge in [-0.3, -0.25) is 4.79 Å². The van der Waals surface area contributed by atoms with E-state index in [0.29, 0.717) is 24.7 Å². The summed E-state index contributed by atoms with van der Waals surface area (Å²) in [6.07, 6.45) is 4.78. The molecule has 0 spiro atoms. The molecular formula is C19H28O4. The summed E-state index contributed by atoms with van der Waals surface area (Å²) in [5, 5.41) is 31.2. The summed E-state index contributed by atoms with van der Waals surface area (Å²) < 4.78 is 0. The average Bonchev–Trinajstić information content (AvgIpc) is 2.71. The molecule has 0 amide bonds. The number of aliphatic hydroxyl groups is 3. The highest BCUT2D eigenvalue weighted by atomic mass is 16.3. The van der Waals surface area contributed by atoms with Crippen LogP contribution in [0.2, 0.25) is 0 Å². The van der Waals surface area contributed by atoms with Gasteiger partial charge in [-0.2, -0.15) is 0 Å². The first-order chi connectivity index (χ1) is 10.8. The van der Waals surface area contributed by atoms with Crippen LogP contribution >= 0.6 is 0 Å². The standard InChI is InChI=1S/C19H28O4/c1-18-6-5-12-11(17(18)14(21)8-16(18)23)4-3-10-7-13(20)15(22)9-19(10,12)2/h7,11-12,14-17,21-23H,3-6,8-9H2,1-2H3/t11-,12?,14-,15+,16+,17?,18-,19+/m1/s1.